The SMILES string of the molecule is CCOC(=O)C(Cc1nnnn1C)C(=O)N(c1cccc(C(F)(F)F)c1)C(C)C. The second-order valence-corrected chi connectivity index (χ2v) is 6.58. The Labute approximate surface area is 165 Å². The molecule has 2 aromatic rings. The molecule has 0 fully saturated rings. The highest BCUT2D eigenvalue weighted by Crippen LogP contribution is 2.32. The van der Waals surface area contributed by atoms with Gasteiger partial charge in [0.1, 0.15) is 5.92 Å². The molecule has 0 aliphatic rings. The van der Waals surface area contributed by atoms with Crippen molar-refractivity contribution in [2.45, 2.75) is 39.4 Å². The van der Waals surface area contributed by atoms with Crippen LogP contribution in [-0.4, -0.2) is 44.7 Å². The minimum absolute atomic E-state index is 0.0326. The Morgan fingerprint density at radius 1 is 1.28 bits per heavy atom. The van der Waals surface area contributed by atoms with E-state index < -0.39 is 35.6 Å². The number of amides is 1. The Bertz CT molecular complexity index is 866. The third kappa shape index (κ3) is 5.30. The first-order chi connectivity index (χ1) is 13.6. The fraction of sp³-hybridized carbons (Fsp3) is 0.500. The third-order valence-corrected chi connectivity index (χ3v) is 4.17. The number of carbonyl (C=O) groups excluding carboxylic acids is 2. The molecule has 158 valence electrons. The first-order valence-corrected chi connectivity index (χ1v) is 8.94. The zero-order valence-electron chi connectivity index (χ0n) is 16.5. The first kappa shape index (κ1) is 22.3. The van der Waals surface area contributed by atoms with Gasteiger partial charge in [-0.25, -0.2) is 4.68 Å². The second-order valence-electron chi connectivity index (χ2n) is 6.58. The molecule has 1 aromatic heterocycles. The normalized spacial score (nSPS) is 12.7. The lowest BCUT2D eigenvalue weighted by Gasteiger charge is -2.30. The smallest absolute Gasteiger partial charge is 0.416 e. The van der Waals surface area contributed by atoms with Crippen LogP contribution in [0.2, 0.25) is 0 Å². The van der Waals surface area contributed by atoms with Gasteiger partial charge in [0, 0.05) is 25.2 Å². The maximum Gasteiger partial charge on any atom is 0.416 e. The van der Waals surface area contributed by atoms with Gasteiger partial charge in [-0.3, -0.25) is 9.59 Å². The lowest BCUT2D eigenvalue weighted by Crippen LogP contribution is -2.45. The molecular formula is C18H22F3N5O3. The molecule has 0 radical (unpaired) electrons. The van der Waals surface area contributed by atoms with E-state index in [4.69, 9.17) is 4.74 Å². The molecule has 29 heavy (non-hydrogen) atoms. The van der Waals surface area contributed by atoms with E-state index >= 15 is 0 Å². The standard InChI is InChI=1S/C18H22F3N5O3/c1-5-29-17(28)14(10-15-22-23-24-25(15)4)16(27)26(11(2)3)13-8-6-7-12(9-13)18(19,20)21/h6-9,11,14H,5,10H2,1-4H3. The number of carbonyl (C=O) groups is 2. The number of rotatable bonds is 7. The summed E-state index contributed by atoms with van der Waals surface area (Å²) in [5, 5.41) is 10.9. The summed E-state index contributed by atoms with van der Waals surface area (Å²) in [7, 11) is 1.55. The van der Waals surface area contributed by atoms with Crippen LogP contribution in [0.3, 0.4) is 0 Å². The molecule has 0 aliphatic carbocycles. The van der Waals surface area contributed by atoms with Crippen molar-refractivity contribution in [2.24, 2.45) is 13.0 Å². The Hall–Kier alpha value is -2.98. The van der Waals surface area contributed by atoms with Crippen LogP contribution in [0, 0.1) is 5.92 Å². The molecule has 2 rings (SSSR count). The number of aromatic nitrogens is 4. The van der Waals surface area contributed by atoms with E-state index in [1.54, 1.807) is 27.8 Å². The summed E-state index contributed by atoms with van der Waals surface area (Å²) in [4.78, 5) is 26.9. The van der Waals surface area contributed by atoms with Gasteiger partial charge < -0.3 is 9.64 Å². The monoisotopic (exact) mass is 413 g/mol. The van der Waals surface area contributed by atoms with E-state index in [-0.39, 0.29) is 24.5 Å². The first-order valence-electron chi connectivity index (χ1n) is 8.94. The highest BCUT2D eigenvalue weighted by molar-refractivity contribution is 6.06. The van der Waals surface area contributed by atoms with Gasteiger partial charge in [0.25, 0.3) is 0 Å². The van der Waals surface area contributed by atoms with Gasteiger partial charge in [-0.15, -0.1) is 5.10 Å². The molecule has 0 aliphatic heterocycles. The largest absolute Gasteiger partial charge is 0.465 e. The van der Waals surface area contributed by atoms with Gasteiger partial charge in [0.2, 0.25) is 5.91 Å². The summed E-state index contributed by atoms with van der Waals surface area (Å²) in [5.41, 5.74) is -0.858. The predicted molar refractivity (Wildman–Crippen MR) is 96.7 cm³/mol. The van der Waals surface area contributed by atoms with Crippen LogP contribution in [0.1, 0.15) is 32.2 Å². The van der Waals surface area contributed by atoms with Crippen molar-refractivity contribution >= 4 is 17.6 Å². The number of nitrogens with zero attached hydrogens (tertiary/aromatic N) is 5. The van der Waals surface area contributed by atoms with E-state index in [0.717, 1.165) is 17.0 Å². The van der Waals surface area contributed by atoms with E-state index in [9.17, 15) is 22.8 Å². The minimum atomic E-state index is -4.56. The van der Waals surface area contributed by atoms with Crippen molar-refractivity contribution < 1.29 is 27.5 Å². The highest BCUT2D eigenvalue weighted by Gasteiger charge is 2.37. The summed E-state index contributed by atoms with van der Waals surface area (Å²) < 4.78 is 45.7. The summed E-state index contributed by atoms with van der Waals surface area (Å²) in [6.45, 7) is 4.93. The topological polar surface area (TPSA) is 90.2 Å². The highest BCUT2D eigenvalue weighted by atomic mass is 19.4. The van der Waals surface area contributed by atoms with Gasteiger partial charge in [0.05, 0.1) is 12.2 Å². The zero-order valence-corrected chi connectivity index (χ0v) is 16.5. The Morgan fingerprint density at radius 3 is 2.48 bits per heavy atom. The number of halogens is 3. The third-order valence-electron chi connectivity index (χ3n) is 4.17. The fourth-order valence-electron chi connectivity index (χ4n) is 2.80. The molecule has 1 unspecified atom stereocenters. The second kappa shape index (κ2) is 9.01. The molecule has 11 heteroatoms. The lowest BCUT2D eigenvalue weighted by molar-refractivity contribution is -0.151. The van der Waals surface area contributed by atoms with Gasteiger partial charge in [0.15, 0.2) is 5.82 Å². The van der Waals surface area contributed by atoms with Crippen molar-refractivity contribution in [2.75, 3.05) is 11.5 Å². The van der Waals surface area contributed by atoms with Crippen LogP contribution in [0.4, 0.5) is 18.9 Å². The van der Waals surface area contributed by atoms with Gasteiger partial charge in [-0.2, -0.15) is 13.2 Å². The van der Waals surface area contributed by atoms with E-state index in [0.29, 0.717) is 0 Å². The van der Waals surface area contributed by atoms with Crippen LogP contribution in [0.15, 0.2) is 24.3 Å². The molecule has 0 saturated heterocycles. The lowest BCUT2D eigenvalue weighted by atomic mass is 10.0. The van der Waals surface area contributed by atoms with Crippen molar-refractivity contribution in [3.8, 4) is 0 Å². The number of hydrogen-bond donors (Lipinski definition) is 0. The van der Waals surface area contributed by atoms with E-state index in [1.807, 2.05) is 0 Å². The Balaban J connectivity index is 2.44. The van der Waals surface area contributed by atoms with Gasteiger partial charge >= 0.3 is 12.1 Å². The number of ether oxygens (including phenoxy) is 1. The van der Waals surface area contributed by atoms with Crippen molar-refractivity contribution in [3.63, 3.8) is 0 Å². The Morgan fingerprint density at radius 2 is 1.97 bits per heavy atom. The van der Waals surface area contributed by atoms with Gasteiger partial charge in [-0.05, 0) is 49.4 Å². The number of benzene rings is 1. The van der Waals surface area contributed by atoms with Crippen LogP contribution in [-0.2, 0) is 34.0 Å². The maximum atomic E-state index is 13.3. The quantitative estimate of drug-likeness (QED) is 0.512. The zero-order chi connectivity index (χ0) is 21.8. The summed E-state index contributed by atoms with van der Waals surface area (Å²) in [6, 6.07) is 3.89. The summed E-state index contributed by atoms with van der Waals surface area (Å²) in [6.07, 6.45) is -4.71. The molecule has 1 aromatic carbocycles. The van der Waals surface area contributed by atoms with Crippen LogP contribution in [0.5, 0.6) is 0 Å². The number of anilines is 1. The number of esters is 1. The van der Waals surface area contributed by atoms with Crippen LogP contribution in [0.25, 0.3) is 0 Å². The molecule has 0 saturated carbocycles. The summed E-state index contributed by atoms with van der Waals surface area (Å²) in [5.74, 6) is -2.53. The fourth-order valence-corrected chi connectivity index (χ4v) is 2.80. The van der Waals surface area contributed by atoms with E-state index in [2.05, 4.69) is 15.5 Å². The number of alkyl halides is 3. The van der Waals surface area contributed by atoms with E-state index in [1.165, 1.54) is 16.8 Å². The van der Waals surface area contributed by atoms with Crippen molar-refractivity contribution in [1.82, 2.24) is 20.2 Å². The molecule has 1 heterocycles. The number of tetrazole rings is 1. The van der Waals surface area contributed by atoms with Crippen molar-refractivity contribution in [3.05, 3.63) is 35.7 Å². The minimum Gasteiger partial charge on any atom is -0.465 e. The molecule has 8 nitrogen and oxygen atoms in total. The average molecular weight is 413 g/mol. The number of hydrogen-bond acceptors (Lipinski definition) is 6. The van der Waals surface area contributed by atoms with Crippen molar-refractivity contribution in [1.29, 1.82) is 0 Å². The Kier molecular flexibility index (Phi) is 6.93. The molecule has 0 bridgehead atoms. The number of aryl methyl sites for hydroxylation is 1. The maximum absolute atomic E-state index is 13.3. The molecule has 1 atom stereocenters. The average Bonchev–Trinajstić information content (AvgIpc) is 3.03. The predicted octanol–water partition coefficient (Wildman–Crippen LogP) is 2.39. The van der Waals surface area contributed by atoms with Gasteiger partial charge in [-0.1, -0.05) is 6.07 Å². The molecule has 0 spiro atoms. The summed E-state index contributed by atoms with van der Waals surface area (Å²) >= 11 is 0. The van der Waals surface area contributed by atoms with Crippen LogP contribution >= 0.6 is 0 Å². The van der Waals surface area contributed by atoms with Crippen LogP contribution < -0.4 is 4.90 Å². The molecule has 0 N–H and O–H groups in total. The molecule has 1 amide bonds. The molecular weight excluding hydrogens is 391 g/mol.